The van der Waals surface area contributed by atoms with Gasteiger partial charge in [-0.3, -0.25) is 19.3 Å². The van der Waals surface area contributed by atoms with Crippen LogP contribution in [0.4, 0.5) is 0 Å². The number of likely N-dealkylation sites (tertiary alicyclic amines) is 1. The smallest absolute Gasteiger partial charge is 0.251 e. The molecule has 5 rings (SSSR count). The van der Waals surface area contributed by atoms with Crippen molar-refractivity contribution in [3.63, 3.8) is 0 Å². The first-order chi connectivity index (χ1) is 20.4. The Bertz CT molecular complexity index is 1220. The topological polar surface area (TPSA) is 104 Å². The Morgan fingerprint density at radius 1 is 1.07 bits per heavy atom. The molecule has 0 bridgehead atoms. The number of amides is 3. The Balaban J connectivity index is 0.00000423. The first-order valence-electron chi connectivity index (χ1n) is 15.7. The Morgan fingerprint density at radius 2 is 1.79 bits per heavy atom. The van der Waals surface area contributed by atoms with Gasteiger partial charge in [-0.2, -0.15) is 0 Å². The van der Waals surface area contributed by atoms with E-state index in [1.165, 1.54) is 32.1 Å². The van der Waals surface area contributed by atoms with E-state index in [4.69, 9.17) is 4.74 Å². The fourth-order valence-corrected chi connectivity index (χ4v) is 6.77. The molecule has 3 fully saturated rings. The molecule has 9 nitrogen and oxygen atoms in total. The quantitative estimate of drug-likeness (QED) is 0.388. The molecule has 3 aliphatic rings. The van der Waals surface area contributed by atoms with Gasteiger partial charge in [0, 0.05) is 51.1 Å². The van der Waals surface area contributed by atoms with E-state index in [0.29, 0.717) is 42.5 Å². The first kappa shape index (κ1) is 32.7. The molecule has 234 valence electrons. The van der Waals surface area contributed by atoms with Gasteiger partial charge in [0.15, 0.2) is 0 Å². The van der Waals surface area contributed by atoms with Crippen molar-refractivity contribution in [2.75, 3.05) is 26.7 Å². The number of ether oxygens (including phenoxy) is 1. The molecule has 1 spiro atoms. The second kappa shape index (κ2) is 15.0. The second-order valence-corrected chi connectivity index (χ2v) is 12.1. The number of nitrogens with zero attached hydrogens (tertiary/aromatic N) is 3. The monoisotopic (exact) mass is 611 g/mol. The van der Waals surface area contributed by atoms with Crippen molar-refractivity contribution in [1.29, 1.82) is 0 Å². The van der Waals surface area contributed by atoms with Crippen LogP contribution in [0.1, 0.15) is 87.1 Å². The third kappa shape index (κ3) is 7.68. The van der Waals surface area contributed by atoms with Gasteiger partial charge in [-0.25, -0.2) is 4.98 Å². The van der Waals surface area contributed by atoms with E-state index in [9.17, 15) is 14.4 Å². The number of halogens is 1. The van der Waals surface area contributed by atoms with Gasteiger partial charge in [-0.1, -0.05) is 51.5 Å². The van der Waals surface area contributed by atoms with Crippen LogP contribution >= 0.6 is 12.4 Å². The SMILES string of the molecule is CCCCN1C(=O)[C@H](CC2CCCCC2)NC(=O)C12CCN(Cc1ccc(Oc3ccc(C(=O)NC)cc3)nc1)CC2.Cl. The van der Waals surface area contributed by atoms with Crippen molar-refractivity contribution in [3.05, 3.63) is 53.7 Å². The number of piperidine rings is 1. The lowest BCUT2D eigenvalue weighted by Gasteiger charge is -2.52. The number of rotatable bonds is 10. The van der Waals surface area contributed by atoms with E-state index in [2.05, 4.69) is 27.4 Å². The van der Waals surface area contributed by atoms with Crippen LogP contribution in [0.15, 0.2) is 42.6 Å². The van der Waals surface area contributed by atoms with Crippen LogP contribution in [0.5, 0.6) is 11.6 Å². The van der Waals surface area contributed by atoms with Crippen LogP contribution in [0.2, 0.25) is 0 Å². The predicted octanol–water partition coefficient (Wildman–Crippen LogP) is 5.09. The van der Waals surface area contributed by atoms with E-state index in [1.807, 2.05) is 23.2 Å². The van der Waals surface area contributed by atoms with Crippen LogP contribution in [0.3, 0.4) is 0 Å². The minimum Gasteiger partial charge on any atom is -0.439 e. The summed E-state index contributed by atoms with van der Waals surface area (Å²) in [4.78, 5) is 48.0. The molecule has 10 heteroatoms. The number of benzene rings is 1. The third-order valence-electron chi connectivity index (χ3n) is 9.29. The van der Waals surface area contributed by atoms with E-state index >= 15 is 0 Å². The highest BCUT2D eigenvalue weighted by Crippen LogP contribution is 2.36. The van der Waals surface area contributed by atoms with E-state index in [1.54, 1.807) is 31.3 Å². The lowest BCUT2D eigenvalue weighted by Crippen LogP contribution is -2.73. The fraction of sp³-hybridized carbons (Fsp3) is 0.576. The molecule has 3 amide bonds. The lowest BCUT2D eigenvalue weighted by molar-refractivity contribution is -0.162. The number of carbonyl (C=O) groups excluding carboxylic acids is 3. The van der Waals surface area contributed by atoms with Crippen LogP contribution in [-0.4, -0.2) is 70.8 Å². The van der Waals surface area contributed by atoms with E-state index in [-0.39, 0.29) is 36.2 Å². The second-order valence-electron chi connectivity index (χ2n) is 12.1. The maximum absolute atomic E-state index is 13.8. The Hall–Kier alpha value is -3.17. The zero-order chi connectivity index (χ0) is 29.5. The summed E-state index contributed by atoms with van der Waals surface area (Å²) < 4.78 is 5.85. The normalized spacial score (nSPS) is 20.8. The summed E-state index contributed by atoms with van der Waals surface area (Å²) in [6, 6.07) is 10.4. The summed E-state index contributed by atoms with van der Waals surface area (Å²) in [5.74, 6) is 1.66. The van der Waals surface area contributed by atoms with E-state index in [0.717, 1.165) is 44.5 Å². The Morgan fingerprint density at radius 3 is 2.42 bits per heavy atom. The molecule has 1 aliphatic carbocycles. The van der Waals surface area contributed by atoms with Crippen LogP contribution in [0.25, 0.3) is 0 Å². The van der Waals surface area contributed by atoms with Gasteiger partial charge < -0.3 is 20.3 Å². The highest BCUT2D eigenvalue weighted by atomic mass is 35.5. The van der Waals surface area contributed by atoms with Gasteiger partial charge in [-0.15, -0.1) is 12.4 Å². The van der Waals surface area contributed by atoms with E-state index < -0.39 is 5.54 Å². The highest BCUT2D eigenvalue weighted by Gasteiger charge is 2.53. The molecule has 0 radical (unpaired) electrons. The minimum absolute atomic E-state index is 0. The number of pyridine rings is 1. The minimum atomic E-state index is -0.741. The summed E-state index contributed by atoms with van der Waals surface area (Å²) >= 11 is 0. The van der Waals surface area contributed by atoms with Crippen LogP contribution < -0.4 is 15.4 Å². The van der Waals surface area contributed by atoms with Crippen LogP contribution in [0, 0.1) is 5.92 Å². The Labute approximate surface area is 261 Å². The molecular formula is C33H46ClN5O4. The summed E-state index contributed by atoms with van der Waals surface area (Å²) in [7, 11) is 1.60. The standard InChI is InChI=1S/C33H45N5O4.ClH/c1-3-4-18-38-31(40)28(21-24-8-6-5-7-9-24)36-32(41)33(38)16-19-37(20-17-33)23-25-10-15-29(35-22-25)42-27-13-11-26(12-14-27)30(39)34-2;/h10-15,22,24,28H,3-9,16-21,23H2,1-2H3,(H,34,39)(H,36,41);1H/t28-;/m0./s1. The van der Waals surface area contributed by atoms with Gasteiger partial charge in [0.25, 0.3) is 5.91 Å². The third-order valence-corrected chi connectivity index (χ3v) is 9.29. The first-order valence-corrected chi connectivity index (χ1v) is 15.7. The molecule has 43 heavy (non-hydrogen) atoms. The molecule has 2 aliphatic heterocycles. The molecule has 0 unspecified atom stereocenters. The number of unbranched alkanes of at least 4 members (excludes halogenated alkanes) is 1. The molecule has 1 aromatic carbocycles. The summed E-state index contributed by atoms with van der Waals surface area (Å²) in [5.41, 5.74) is 0.891. The number of aromatic nitrogens is 1. The van der Waals surface area contributed by atoms with Crippen molar-refractivity contribution < 1.29 is 19.1 Å². The van der Waals surface area contributed by atoms with Gasteiger partial charge >= 0.3 is 0 Å². The van der Waals surface area contributed by atoms with Gasteiger partial charge in [0.1, 0.15) is 17.3 Å². The lowest BCUT2D eigenvalue weighted by atomic mass is 9.79. The van der Waals surface area contributed by atoms with Crippen molar-refractivity contribution in [3.8, 4) is 11.6 Å². The average Bonchev–Trinajstić information content (AvgIpc) is 3.02. The van der Waals surface area contributed by atoms with Crippen molar-refractivity contribution >= 4 is 30.1 Å². The predicted molar refractivity (Wildman–Crippen MR) is 168 cm³/mol. The zero-order valence-electron chi connectivity index (χ0n) is 25.5. The maximum atomic E-state index is 13.8. The highest BCUT2D eigenvalue weighted by molar-refractivity contribution is 6.00. The molecule has 1 aromatic heterocycles. The molecule has 2 N–H and O–H groups in total. The largest absolute Gasteiger partial charge is 0.439 e. The Kier molecular flexibility index (Phi) is 11.4. The molecule has 3 heterocycles. The number of hydrogen-bond acceptors (Lipinski definition) is 6. The summed E-state index contributed by atoms with van der Waals surface area (Å²) in [5, 5.41) is 5.79. The van der Waals surface area contributed by atoms with Gasteiger partial charge in [-0.05, 0) is 61.4 Å². The van der Waals surface area contributed by atoms with Crippen LogP contribution in [-0.2, 0) is 16.1 Å². The number of nitrogens with one attached hydrogen (secondary N) is 2. The average molecular weight is 612 g/mol. The zero-order valence-corrected chi connectivity index (χ0v) is 26.3. The number of carbonyl (C=O) groups is 3. The molecule has 2 saturated heterocycles. The molecular weight excluding hydrogens is 566 g/mol. The van der Waals surface area contributed by atoms with Gasteiger partial charge in [0.2, 0.25) is 17.7 Å². The summed E-state index contributed by atoms with van der Waals surface area (Å²) in [6.45, 7) is 5.00. The number of piperazine rings is 1. The van der Waals surface area contributed by atoms with Crippen molar-refractivity contribution in [1.82, 2.24) is 25.4 Å². The fourth-order valence-electron chi connectivity index (χ4n) is 6.77. The van der Waals surface area contributed by atoms with Gasteiger partial charge in [0.05, 0.1) is 0 Å². The summed E-state index contributed by atoms with van der Waals surface area (Å²) in [6.07, 6.45) is 11.9. The van der Waals surface area contributed by atoms with Crippen molar-refractivity contribution in [2.45, 2.75) is 89.3 Å². The maximum Gasteiger partial charge on any atom is 0.251 e. The molecule has 2 aromatic rings. The number of hydrogen-bond donors (Lipinski definition) is 2. The molecule has 1 saturated carbocycles. The molecule has 1 atom stereocenters. The van der Waals surface area contributed by atoms with Crippen molar-refractivity contribution in [2.24, 2.45) is 5.92 Å².